The molecule has 126 valence electrons. The molecule has 0 radical (unpaired) electrons. The van der Waals surface area contributed by atoms with Crippen molar-refractivity contribution in [2.75, 3.05) is 27.7 Å². The standard InChI is InChI=1S/C16H23N3O3S/c1-12(20)19-10-14(7-8-18(3)4)15-9-13(5-6-16(15)19)11-23(21,22)17-2/h5-6,9-10,17H,7-8,11H2,1-4H3. The lowest BCUT2D eigenvalue weighted by Gasteiger charge is -2.08. The summed E-state index contributed by atoms with van der Waals surface area (Å²) >= 11 is 0. The summed E-state index contributed by atoms with van der Waals surface area (Å²) in [6.07, 6.45) is 2.65. The Labute approximate surface area is 137 Å². The zero-order chi connectivity index (χ0) is 17.2. The average molecular weight is 337 g/mol. The maximum Gasteiger partial charge on any atom is 0.227 e. The van der Waals surface area contributed by atoms with Gasteiger partial charge in [-0.1, -0.05) is 6.07 Å². The first kappa shape index (κ1) is 17.7. The van der Waals surface area contributed by atoms with Crippen LogP contribution in [0.5, 0.6) is 0 Å². The molecule has 6 nitrogen and oxygen atoms in total. The highest BCUT2D eigenvalue weighted by atomic mass is 32.2. The molecule has 0 aliphatic carbocycles. The van der Waals surface area contributed by atoms with Crippen molar-refractivity contribution in [1.82, 2.24) is 14.2 Å². The number of fused-ring (bicyclic) bond motifs is 1. The fourth-order valence-electron chi connectivity index (χ4n) is 2.53. The number of rotatable bonds is 6. The number of carbonyl (C=O) groups is 1. The summed E-state index contributed by atoms with van der Waals surface area (Å²) in [7, 11) is 2.07. The third-order valence-electron chi connectivity index (χ3n) is 3.79. The van der Waals surface area contributed by atoms with E-state index in [4.69, 9.17) is 0 Å². The number of hydrogen-bond donors (Lipinski definition) is 1. The summed E-state index contributed by atoms with van der Waals surface area (Å²) in [5.74, 6) is -0.126. The van der Waals surface area contributed by atoms with E-state index in [2.05, 4.69) is 9.62 Å². The molecule has 0 fully saturated rings. The second-order valence-corrected chi connectivity index (χ2v) is 7.84. The van der Waals surface area contributed by atoms with Crippen molar-refractivity contribution < 1.29 is 13.2 Å². The lowest BCUT2D eigenvalue weighted by Crippen LogP contribution is -2.20. The quantitative estimate of drug-likeness (QED) is 0.866. The highest BCUT2D eigenvalue weighted by Crippen LogP contribution is 2.24. The van der Waals surface area contributed by atoms with Crippen molar-refractivity contribution in [3.8, 4) is 0 Å². The van der Waals surface area contributed by atoms with Crippen LogP contribution in [0.1, 0.15) is 22.8 Å². The van der Waals surface area contributed by atoms with Crippen molar-refractivity contribution in [2.24, 2.45) is 0 Å². The van der Waals surface area contributed by atoms with Crippen LogP contribution in [0.25, 0.3) is 10.9 Å². The number of nitrogens with one attached hydrogen (secondary N) is 1. The molecular weight excluding hydrogens is 314 g/mol. The zero-order valence-electron chi connectivity index (χ0n) is 14.0. The number of aromatic nitrogens is 1. The molecular formula is C16H23N3O3S. The zero-order valence-corrected chi connectivity index (χ0v) is 14.8. The predicted octanol–water partition coefficient (Wildman–Crippen LogP) is 1.45. The number of benzene rings is 1. The monoisotopic (exact) mass is 337 g/mol. The Bertz CT molecular complexity index is 822. The van der Waals surface area contributed by atoms with E-state index in [9.17, 15) is 13.2 Å². The molecule has 1 heterocycles. The van der Waals surface area contributed by atoms with Crippen molar-refractivity contribution in [2.45, 2.75) is 19.1 Å². The van der Waals surface area contributed by atoms with Gasteiger partial charge in [0.15, 0.2) is 0 Å². The van der Waals surface area contributed by atoms with Crippen molar-refractivity contribution >= 4 is 26.8 Å². The summed E-state index contributed by atoms with van der Waals surface area (Å²) in [4.78, 5) is 13.9. The van der Waals surface area contributed by atoms with Gasteiger partial charge in [-0.05, 0) is 50.8 Å². The molecule has 0 aliphatic heterocycles. The van der Waals surface area contributed by atoms with E-state index in [-0.39, 0.29) is 11.7 Å². The highest BCUT2D eigenvalue weighted by molar-refractivity contribution is 7.88. The molecule has 0 atom stereocenters. The number of hydrogen-bond acceptors (Lipinski definition) is 4. The van der Waals surface area contributed by atoms with Crippen LogP contribution >= 0.6 is 0 Å². The first-order valence-corrected chi connectivity index (χ1v) is 9.08. The Hall–Kier alpha value is -1.70. The Morgan fingerprint density at radius 1 is 1.30 bits per heavy atom. The van der Waals surface area contributed by atoms with Crippen LogP contribution in [0.2, 0.25) is 0 Å². The van der Waals surface area contributed by atoms with Gasteiger partial charge in [0.2, 0.25) is 15.9 Å². The maximum absolute atomic E-state index is 11.8. The summed E-state index contributed by atoms with van der Waals surface area (Å²) in [6.45, 7) is 2.38. The van der Waals surface area contributed by atoms with E-state index in [0.29, 0.717) is 5.56 Å². The second kappa shape index (κ2) is 6.82. The smallest absolute Gasteiger partial charge is 0.227 e. The van der Waals surface area contributed by atoms with E-state index >= 15 is 0 Å². The van der Waals surface area contributed by atoms with Crippen LogP contribution in [-0.2, 0) is 22.2 Å². The third kappa shape index (κ3) is 4.19. The molecule has 2 rings (SSSR count). The minimum absolute atomic E-state index is 0.0540. The van der Waals surface area contributed by atoms with Crippen LogP contribution in [0.3, 0.4) is 0 Å². The van der Waals surface area contributed by atoms with Crippen molar-refractivity contribution in [1.29, 1.82) is 0 Å². The van der Waals surface area contributed by atoms with Crippen LogP contribution < -0.4 is 4.72 Å². The van der Waals surface area contributed by atoms with Gasteiger partial charge in [0.1, 0.15) is 0 Å². The summed E-state index contributed by atoms with van der Waals surface area (Å²) in [5.41, 5.74) is 2.57. The van der Waals surface area contributed by atoms with Gasteiger partial charge in [-0.2, -0.15) is 0 Å². The topological polar surface area (TPSA) is 71.4 Å². The first-order chi connectivity index (χ1) is 10.7. The van der Waals surface area contributed by atoms with Crippen LogP contribution in [0, 0.1) is 0 Å². The highest BCUT2D eigenvalue weighted by Gasteiger charge is 2.14. The largest absolute Gasteiger partial charge is 0.309 e. The third-order valence-corrected chi connectivity index (χ3v) is 5.12. The molecule has 0 amide bonds. The van der Waals surface area contributed by atoms with Gasteiger partial charge in [0, 0.05) is 25.1 Å². The number of carbonyl (C=O) groups excluding carboxylic acids is 1. The molecule has 0 aliphatic rings. The van der Waals surface area contributed by atoms with E-state index in [0.717, 1.165) is 29.4 Å². The first-order valence-electron chi connectivity index (χ1n) is 7.43. The lowest BCUT2D eigenvalue weighted by atomic mass is 10.1. The Balaban J connectivity index is 2.49. The molecule has 0 unspecified atom stereocenters. The number of likely N-dealkylation sites (N-methyl/N-ethyl adjacent to an activating group) is 1. The fraction of sp³-hybridized carbons (Fsp3) is 0.438. The predicted molar refractivity (Wildman–Crippen MR) is 92.2 cm³/mol. The molecule has 0 spiro atoms. The molecule has 0 saturated carbocycles. The second-order valence-electron chi connectivity index (χ2n) is 5.91. The minimum atomic E-state index is -3.32. The molecule has 2 aromatic rings. The molecule has 7 heteroatoms. The average Bonchev–Trinajstić information content (AvgIpc) is 2.83. The van der Waals surface area contributed by atoms with Gasteiger partial charge in [-0.25, -0.2) is 13.1 Å². The Morgan fingerprint density at radius 2 is 2.00 bits per heavy atom. The Morgan fingerprint density at radius 3 is 2.57 bits per heavy atom. The van der Waals surface area contributed by atoms with E-state index < -0.39 is 10.0 Å². The molecule has 1 aromatic heterocycles. The summed E-state index contributed by atoms with van der Waals surface area (Å²) in [6, 6.07) is 5.44. The van der Waals surface area contributed by atoms with Crippen molar-refractivity contribution in [3.05, 3.63) is 35.5 Å². The molecule has 23 heavy (non-hydrogen) atoms. The normalized spacial score (nSPS) is 12.2. The van der Waals surface area contributed by atoms with Gasteiger partial charge in [0.05, 0.1) is 11.3 Å². The van der Waals surface area contributed by atoms with Gasteiger partial charge in [0.25, 0.3) is 0 Å². The van der Waals surface area contributed by atoms with Crippen LogP contribution in [0.15, 0.2) is 24.4 Å². The number of sulfonamides is 1. The fourth-order valence-corrected chi connectivity index (χ4v) is 3.29. The lowest BCUT2D eigenvalue weighted by molar-refractivity contribution is 0.0941. The minimum Gasteiger partial charge on any atom is -0.309 e. The SMILES string of the molecule is CNS(=O)(=O)Cc1ccc2c(c1)c(CCN(C)C)cn2C(C)=O. The van der Waals surface area contributed by atoms with Crippen molar-refractivity contribution in [3.63, 3.8) is 0 Å². The van der Waals surface area contributed by atoms with Gasteiger partial charge in [-0.15, -0.1) is 0 Å². The van der Waals surface area contributed by atoms with E-state index in [1.54, 1.807) is 10.6 Å². The maximum atomic E-state index is 11.8. The summed E-state index contributed by atoms with van der Waals surface area (Å²) < 4.78 is 27.4. The molecule has 1 N–H and O–H groups in total. The van der Waals surface area contributed by atoms with E-state index in [1.165, 1.54) is 14.0 Å². The Kier molecular flexibility index (Phi) is 5.23. The van der Waals surface area contributed by atoms with Gasteiger partial charge in [-0.3, -0.25) is 9.36 Å². The molecule has 0 saturated heterocycles. The van der Waals surface area contributed by atoms with Crippen LogP contribution in [-0.4, -0.2) is 51.5 Å². The van der Waals surface area contributed by atoms with E-state index in [1.807, 2.05) is 32.4 Å². The molecule has 1 aromatic carbocycles. The van der Waals surface area contributed by atoms with Gasteiger partial charge < -0.3 is 4.90 Å². The van der Waals surface area contributed by atoms with Crippen LogP contribution in [0.4, 0.5) is 0 Å². The van der Waals surface area contributed by atoms with Gasteiger partial charge >= 0.3 is 0 Å². The molecule has 0 bridgehead atoms. The number of nitrogens with zero attached hydrogens (tertiary/aromatic N) is 2. The summed E-state index contributed by atoms with van der Waals surface area (Å²) in [5, 5.41) is 0.936.